The summed E-state index contributed by atoms with van der Waals surface area (Å²) in [6, 6.07) is 18.9. The molecule has 0 saturated carbocycles. The average Bonchev–Trinajstić information content (AvgIpc) is 2.89. The van der Waals surface area contributed by atoms with Crippen LogP contribution in [0.1, 0.15) is 95.1 Å². The topological polar surface area (TPSA) is 35.5 Å². The van der Waals surface area contributed by atoms with E-state index < -0.39 is 0 Å². The molecule has 2 aromatic carbocycles. The standard InChI is InChI=1S/C33H52NO3/c1-4-5-6-7-8-9-10-11-12-14-18-30-21-23-32(24-22-30)36-27-17-28-37-33(35)25-26-34(2,3)29-31-19-15-13-16-20-31/h13,15-16,19-24H,4-12,14,17-18,25-29H2,1-3H3/q+1. The SMILES string of the molecule is CCCCCCCCCCCCc1ccc(OCCCOC(=O)CC[N+](C)(C)Cc2ccccc2)cc1. The van der Waals surface area contributed by atoms with Gasteiger partial charge in [0.15, 0.2) is 0 Å². The van der Waals surface area contributed by atoms with Crippen molar-refractivity contribution < 1.29 is 18.8 Å². The Balaban J connectivity index is 1.47. The molecule has 206 valence electrons. The molecule has 4 heteroatoms. The molecule has 0 aliphatic carbocycles. The van der Waals surface area contributed by atoms with Gasteiger partial charge in [-0.25, -0.2) is 0 Å². The molecule has 37 heavy (non-hydrogen) atoms. The quantitative estimate of drug-likeness (QED) is 0.0966. The molecule has 0 aromatic heterocycles. The molecule has 0 unspecified atom stereocenters. The van der Waals surface area contributed by atoms with Crippen molar-refractivity contribution in [2.24, 2.45) is 0 Å². The minimum atomic E-state index is -0.129. The van der Waals surface area contributed by atoms with Crippen LogP contribution in [0.2, 0.25) is 0 Å². The van der Waals surface area contributed by atoms with Crippen molar-refractivity contribution in [3.63, 3.8) is 0 Å². The summed E-state index contributed by atoms with van der Waals surface area (Å²) in [5, 5.41) is 0. The molecule has 4 nitrogen and oxygen atoms in total. The van der Waals surface area contributed by atoms with Gasteiger partial charge in [-0.05, 0) is 30.5 Å². The molecule has 0 bridgehead atoms. The van der Waals surface area contributed by atoms with Crippen molar-refractivity contribution in [3.05, 3.63) is 65.7 Å². The minimum Gasteiger partial charge on any atom is -0.493 e. The van der Waals surface area contributed by atoms with Gasteiger partial charge in [0.25, 0.3) is 0 Å². The molecule has 0 heterocycles. The van der Waals surface area contributed by atoms with Crippen LogP contribution in [-0.2, 0) is 22.5 Å². The predicted octanol–water partition coefficient (Wildman–Crippen LogP) is 8.13. The zero-order chi connectivity index (χ0) is 26.6. The molecule has 0 radical (unpaired) electrons. The lowest BCUT2D eigenvalue weighted by molar-refractivity contribution is -0.903. The Hall–Kier alpha value is -2.33. The van der Waals surface area contributed by atoms with E-state index in [9.17, 15) is 4.79 Å². The Morgan fingerprint density at radius 1 is 0.703 bits per heavy atom. The lowest BCUT2D eigenvalue weighted by atomic mass is 10.0. The second-order valence-electron chi connectivity index (χ2n) is 11.1. The molecule has 0 N–H and O–H groups in total. The lowest BCUT2D eigenvalue weighted by Crippen LogP contribution is -2.40. The highest BCUT2D eigenvalue weighted by Crippen LogP contribution is 2.16. The maximum absolute atomic E-state index is 12.1. The summed E-state index contributed by atoms with van der Waals surface area (Å²) in [5.41, 5.74) is 2.67. The van der Waals surface area contributed by atoms with Crippen molar-refractivity contribution in [1.29, 1.82) is 0 Å². The molecule has 0 amide bonds. The second kappa shape index (κ2) is 18.8. The molecular weight excluding hydrogens is 458 g/mol. The average molecular weight is 511 g/mol. The van der Waals surface area contributed by atoms with Crippen LogP contribution in [0.5, 0.6) is 5.75 Å². The Labute approximate surface area is 227 Å². The number of carbonyl (C=O) groups is 1. The molecule has 0 aliphatic rings. The van der Waals surface area contributed by atoms with Crippen LogP contribution in [0.4, 0.5) is 0 Å². The Morgan fingerprint density at radius 3 is 1.97 bits per heavy atom. The van der Waals surface area contributed by atoms with Gasteiger partial charge >= 0.3 is 5.97 Å². The molecule has 2 aromatic rings. The van der Waals surface area contributed by atoms with Gasteiger partial charge < -0.3 is 14.0 Å². The third kappa shape index (κ3) is 15.5. The smallest absolute Gasteiger partial charge is 0.311 e. The summed E-state index contributed by atoms with van der Waals surface area (Å²) in [6.07, 6.45) is 16.0. The van der Waals surface area contributed by atoms with Crippen molar-refractivity contribution in [1.82, 2.24) is 0 Å². The van der Waals surface area contributed by atoms with E-state index >= 15 is 0 Å². The summed E-state index contributed by atoms with van der Waals surface area (Å²) in [6.45, 7) is 4.90. The first-order valence-corrected chi connectivity index (χ1v) is 14.7. The van der Waals surface area contributed by atoms with E-state index in [1.54, 1.807) is 0 Å². The van der Waals surface area contributed by atoms with E-state index in [1.165, 1.54) is 75.3 Å². The number of hydrogen-bond acceptors (Lipinski definition) is 3. The lowest BCUT2D eigenvalue weighted by Gasteiger charge is -2.29. The molecule has 0 atom stereocenters. The third-order valence-electron chi connectivity index (χ3n) is 6.94. The van der Waals surface area contributed by atoms with Gasteiger partial charge in [0.05, 0.1) is 40.3 Å². The number of unbranched alkanes of at least 4 members (excludes halogenated alkanes) is 9. The van der Waals surface area contributed by atoms with Crippen molar-refractivity contribution in [2.75, 3.05) is 33.9 Å². The van der Waals surface area contributed by atoms with Crippen LogP contribution in [0.25, 0.3) is 0 Å². The van der Waals surface area contributed by atoms with Gasteiger partial charge in [-0.3, -0.25) is 4.79 Å². The first kappa shape index (κ1) is 30.9. The van der Waals surface area contributed by atoms with Gasteiger partial charge in [-0.15, -0.1) is 0 Å². The van der Waals surface area contributed by atoms with Gasteiger partial charge in [-0.2, -0.15) is 0 Å². The maximum Gasteiger partial charge on any atom is 0.311 e. The number of rotatable bonds is 21. The molecule has 2 rings (SSSR count). The third-order valence-corrected chi connectivity index (χ3v) is 6.94. The fourth-order valence-electron chi connectivity index (χ4n) is 4.63. The van der Waals surface area contributed by atoms with E-state index in [-0.39, 0.29) is 5.97 Å². The van der Waals surface area contributed by atoms with E-state index in [0.717, 1.165) is 29.7 Å². The van der Waals surface area contributed by atoms with E-state index in [1.807, 2.05) is 6.07 Å². The van der Waals surface area contributed by atoms with Crippen molar-refractivity contribution in [3.8, 4) is 5.75 Å². The Morgan fingerprint density at radius 2 is 1.32 bits per heavy atom. The first-order valence-electron chi connectivity index (χ1n) is 14.7. The molecule has 0 fully saturated rings. The van der Waals surface area contributed by atoms with Gasteiger partial charge in [-0.1, -0.05) is 107 Å². The van der Waals surface area contributed by atoms with Crippen molar-refractivity contribution >= 4 is 5.97 Å². The van der Waals surface area contributed by atoms with Crippen LogP contribution >= 0.6 is 0 Å². The summed E-state index contributed by atoms with van der Waals surface area (Å²) in [4.78, 5) is 12.1. The molecule has 0 aliphatic heterocycles. The second-order valence-corrected chi connectivity index (χ2v) is 11.1. The summed E-state index contributed by atoms with van der Waals surface area (Å²) in [5.74, 6) is 0.758. The Bertz CT molecular complexity index is 832. The fourth-order valence-corrected chi connectivity index (χ4v) is 4.63. The van der Waals surface area contributed by atoms with Crippen LogP contribution < -0.4 is 4.74 Å². The van der Waals surface area contributed by atoms with Gasteiger partial charge in [0, 0.05) is 12.0 Å². The van der Waals surface area contributed by atoms with Crippen LogP contribution in [-0.4, -0.2) is 44.3 Å². The fraction of sp³-hybridized carbons (Fsp3) is 0.606. The molecule has 0 spiro atoms. The van der Waals surface area contributed by atoms with Crippen molar-refractivity contribution in [2.45, 2.75) is 96.9 Å². The normalized spacial score (nSPS) is 11.4. The van der Waals surface area contributed by atoms with Crippen LogP contribution in [0.3, 0.4) is 0 Å². The number of carbonyl (C=O) groups excluding carboxylic acids is 1. The van der Waals surface area contributed by atoms with Gasteiger partial charge in [0.1, 0.15) is 12.3 Å². The molecular formula is C33H52NO3+. The Kier molecular flexibility index (Phi) is 15.7. The molecule has 0 saturated heterocycles. The summed E-state index contributed by atoms with van der Waals surface area (Å²) < 4.78 is 12.0. The largest absolute Gasteiger partial charge is 0.493 e. The number of quaternary nitrogens is 1. The maximum atomic E-state index is 12.1. The summed E-state index contributed by atoms with van der Waals surface area (Å²) >= 11 is 0. The predicted molar refractivity (Wildman–Crippen MR) is 155 cm³/mol. The monoisotopic (exact) mass is 510 g/mol. The minimum absolute atomic E-state index is 0.129. The van der Waals surface area contributed by atoms with Crippen LogP contribution in [0.15, 0.2) is 54.6 Å². The highest BCUT2D eigenvalue weighted by Gasteiger charge is 2.18. The van der Waals surface area contributed by atoms with E-state index in [4.69, 9.17) is 9.47 Å². The number of hydrogen-bond donors (Lipinski definition) is 0. The highest BCUT2D eigenvalue weighted by atomic mass is 16.5. The van der Waals surface area contributed by atoms with E-state index in [2.05, 4.69) is 69.6 Å². The number of benzene rings is 2. The summed E-state index contributed by atoms with van der Waals surface area (Å²) in [7, 11) is 4.30. The number of ether oxygens (including phenoxy) is 2. The van der Waals surface area contributed by atoms with Crippen LogP contribution in [0, 0.1) is 0 Å². The zero-order valence-electron chi connectivity index (χ0n) is 23.9. The first-order chi connectivity index (χ1) is 18.0. The number of nitrogens with zero attached hydrogens (tertiary/aromatic N) is 1. The number of esters is 1. The number of aryl methyl sites for hydroxylation is 1. The van der Waals surface area contributed by atoms with Gasteiger partial charge in [0.2, 0.25) is 0 Å². The van der Waals surface area contributed by atoms with E-state index in [0.29, 0.717) is 26.1 Å². The zero-order valence-corrected chi connectivity index (χ0v) is 23.9. The highest BCUT2D eigenvalue weighted by molar-refractivity contribution is 5.69.